The number of para-hydroxylation sites is 1. The summed E-state index contributed by atoms with van der Waals surface area (Å²) in [6, 6.07) is 16.0. The third kappa shape index (κ3) is 4.45. The highest BCUT2D eigenvalue weighted by atomic mass is 32.1. The van der Waals surface area contributed by atoms with Crippen LogP contribution in [0.5, 0.6) is 0 Å². The Morgan fingerprint density at radius 3 is 2.56 bits per heavy atom. The first kappa shape index (κ1) is 16.7. The van der Waals surface area contributed by atoms with E-state index in [1.165, 1.54) is 17.4 Å². The third-order valence-corrected chi connectivity index (χ3v) is 4.29. The molecule has 0 fully saturated rings. The largest absolute Gasteiger partial charge is 0.300 e. The highest BCUT2D eigenvalue weighted by molar-refractivity contribution is 7.15. The van der Waals surface area contributed by atoms with Crippen LogP contribution in [-0.4, -0.2) is 21.0 Å². The van der Waals surface area contributed by atoms with Crippen LogP contribution in [0, 0.1) is 10.1 Å². The van der Waals surface area contributed by atoms with E-state index in [0.29, 0.717) is 17.1 Å². The zero-order chi connectivity index (χ0) is 17.6. The molecule has 0 bridgehead atoms. The number of hydrogen-bond donors (Lipinski definition) is 1. The first-order valence-electron chi connectivity index (χ1n) is 7.50. The summed E-state index contributed by atoms with van der Waals surface area (Å²) in [5, 5.41) is 22.8. The fraction of sp³-hybridized carbons (Fsp3) is 0.118. The van der Waals surface area contributed by atoms with E-state index in [1.54, 1.807) is 18.2 Å². The average molecular weight is 354 g/mol. The van der Waals surface area contributed by atoms with Gasteiger partial charge in [-0.1, -0.05) is 59.9 Å². The molecule has 0 aliphatic heterocycles. The molecule has 25 heavy (non-hydrogen) atoms. The zero-order valence-corrected chi connectivity index (χ0v) is 13.9. The lowest BCUT2D eigenvalue weighted by molar-refractivity contribution is -0.385. The number of amides is 1. The van der Waals surface area contributed by atoms with Gasteiger partial charge in [-0.05, 0) is 5.56 Å². The van der Waals surface area contributed by atoms with E-state index >= 15 is 0 Å². The molecule has 0 aliphatic carbocycles. The number of aromatic nitrogens is 2. The van der Waals surface area contributed by atoms with Crippen molar-refractivity contribution in [1.29, 1.82) is 0 Å². The number of nitro benzene ring substituents is 1. The molecule has 1 heterocycles. The van der Waals surface area contributed by atoms with E-state index in [2.05, 4.69) is 15.5 Å². The number of carbonyl (C=O) groups excluding carboxylic acids is 1. The lowest BCUT2D eigenvalue weighted by Gasteiger charge is -2.02. The second kappa shape index (κ2) is 7.63. The van der Waals surface area contributed by atoms with Crippen molar-refractivity contribution >= 4 is 28.1 Å². The molecule has 8 heteroatoms. The van der Waals surface area contributed by atoms with Crippen LogP contribution in [0.1, 0.15) is 16.1 Å². The zero-order valence-electron chi connectivity index (χ0n) is 13.1. The molecule has 7 nitrogen and oxygen atoms in total. The molecule has 1 amide bonds. The van der Waals surface area contributed by atoms with Crippen LogP contribution in [0.15, 0.2) is 54.6 Å². The van der Waals surface area contributed by atoms with Crippen LogP contribution >= 0.6 is 11.3 Å². The van der Waals surface area contributed by atoms with Crippen LogP contribution in [0.3, 0.4) is 0 Å². The van der Waals surface area contributed by atoms with Crippen LogP contribution in [0.2, 0.25) is 0 Å². The van der Waals surface area contributed by atoms with Gasteiger partial charge in [0, 0.05) is 18.1 Å². The van der Waals surface area contributed by atoms with Crippen LogP contribution in [0.4, 0.5) is 10.8 Å². The molecule has 1 aromatic heterocycles. The van der Waals surface area contributed by atoms with Crippen molar-refractivity contribution in [2.24, 2.45) is 0 Å². The fourth-order valence-electron chi connectivity index (χ4n) is 2.32. The number of nitro groups is 1. The molecule has 0 aliphatic rings. The third-order valence-electron chi connectivity index (χ3n) is 3.45. The highest BCUT2D eigenvalue weighted by Crippen LogP contribution is 2.21. The van der Waals surface area contributed by atoms with Gasteiger partial charge < -0.3 is 5.32 Å². The van der Waals surface area contributed by atoms with E-state index in [0.717, 1.165) is 10.6 Å². The van der Waals surface area contributed by atoms with Gasteiger partial charge in [-0.15, -0.1) is 10.2 Å². The summed E-state index contributed by atoms with van der Waals surface area (Å²) in [7, 11) is 0. The number of carbonyl (C=O) groups is 1. The molecule has 126 valence electrons. The van der Waals surface area contributed by atoms with Crippen molar-refractivity contribution in [2.45, 2.75) is 12.8 Å². The minimum atomic E-state index is -0.495. The van der Waals surface area contributed by atoms with Crippen LogP contribution in [0.25, 0.3) is 0 Å². The Balaban J connectivity index is 1.63. The average Bonchev–Trinajstić information content (AvgIpc) is 3.02. The number of nitrogens with one attached hydrogen (secondary N) is 1. The molecule has 3 rings (SSSR count). The summed E-state index contributed by atoms with van der Waals surface area (Å²) in [6.45, 7) is 0. The number of anilines is 1. The Morgan fingerprint density at radius 2 is 1.80 bits per heavy atom. The first-order chi connectivity index (χ1) is 12.1. The standard InChI is InChI=1S/C17H14N4O3S/c22-15(11-13-8-4-5-9-14(13)21(23)24)18-17-20-19-16(25-17)10-12-6-2-1-3-7-12/h1-9H,10-11H2,(H,18,20,22). The van der Waals surface area contributed by atoms with Gasteiger partial charge in [-0.25, -0.2) is 0 Å². The molecule has 0 radical (unpaired) electrons. The maximum Gasteiger partial charge on any atom is 0.273 e. The van der Waals surface area contributed by atoms with E-state index in [4.69, 9.17) is 0 Å². The topological polar surface area (TPSA) is 98.0 Å². The number of rotatable bonds is 6. The van der Waals surface area contributed by atoms with Gasteiger partial charge in [-0.3, -0.25) is 14.9 Å². The first-order valence-corrected chi connectivity index (χ1v) is 8.32. The molecule has 0 saturated carbocycles. The highest BCUT2D eigenvalue weighted by Gasteiger charge is 2.16. The van der Waals surface area contributed by atoms with Gasteiger partial charge >= 0.3 is 0 Å². The van der Waals surface area contributed by atoms with E-state index in [-0.39, 0.29) is 18.0 Å². The van der Waals surface area contributed by atoms with Crippen molar-refractivity contribution in [3.63, 3.8) is 0 Å². The second-order valence-electron chi connectivity index (χ2n) is 5.27. The molecular formula is C17H14N4O3S. The summed E-state index contributed by atoms with van der Waals surface area (Å²) in [5.74, 6) is -0.364. The fourth-order valence-corrected chi connectivity index (χ4v) is 3.11. The van der Waals surface area contributed by atoms with Crippen molar-refractivity contribution in [3.05, 3.63) is 80.8 Å². The van der Waals surface area contributed by atoms with Crippen molar-refractivity contribution in [2.75, 3.05) is 5.32 Å². The predicted molar refractivity (Wildman–Crippen MR) is 94.6 cm³/mol. The maximum atomic E-state index is 12.1. The lowest BCUT2D eigenvalue weighted by atomic mass is 10.1. The second-order valence-corrected chi connectivity index (χ2v) is 6.34. The minimum Gasteiger partial charge on any atom is -0.300 e. The van der Waals surface area contributed by atoms with Gasteiger partial charge in [0.15, 0.2) is 0 Å². The van der Waals surface area contributed by atoms with Crippen LogP contribution < -0.4 is 5.32 Å². The van der Waals surface area contributed by atoms with E-state index < -0.39 is 4.92 Å². The van der Waals surface area contributed by atoms with E-state index in [9.17, 15) is 14.9 Å². The predicted octanol–water partition coefficient (Wildman–Crippen LogP) is 3.22. The van der Waals surface area contributed by atoms with Crippen molar-refractivity contribution in [1.82, 2.24) is 10.2 Å². The summed E-state index contributed by atoms with van der Waals surface area (Å²) in [4.78, 5) is 22.6. The number of nitrogens with zero attached hydrogens (tertiary/aromatic N) is 3. The van der Waals surface area contributed by atoms with Gasteiger partial charge in [-0.2, -0.15) is 0 Å². The van der Waals surface area contributed by atoms with Crippen LogP contribution in [-0.2, 0) is 17.6 Å². The minimum absolute atomic E-state index is 0.0697. The molecule has 1 N–H and O–H groups in total. The summed E-state index contributed by atoms with van der Waals surface area (Å²) in [5.41, 5.74) is 1.40. The molecule has 0 spiro atoms. The Labute approximate surface area is 147 Å². The monoisotopic (exact) mass is 354 g/mol. The summed E-state index contributed by atoms with van der Waals surface area (Å²) >= 11 is 1.29. The lowest BCUT2D eigenvalue weighted by Crippen LogP contribution is -2.15. The van der Waals surface area contributed by atoms with Crippen molar-refractivity contribution < 1.29 is 9.72 Å². The van der Waals surface area contributed by atoms with Crippen molar-refractivity contribution in [3.8, 4) is 0 Å². The number of hydrogen-bond acceptors (Lipinski definition) is 6. The molecule has 0 atom stereocenters. The van der Waals surface area contributed by atoms with Gasteiger partial charge in [0.25, 0.3) is 5.69 Å². The van der Waals surface area contributed by atoms with Gasteiger partial charge in [0.2, 0.25) is 11.0 Å². The summed E-state index contributed by atoms with van der Waals surface area (Å²) < 4.78 is 0. The molecule has 2 aromatic carbocycles. The Hall–Kier alpha value is -3.13. The SMILES string of the molecule is O=C(Cc1ccccc1[N+](=O)[O-])Nc1nnc(Cc2ccccc2)s1. The maximum absolute atomic E-state index is 12.1. The van der Waals surface area contributed by atoms with Gasteiger partial charge in [0.05, 0.1) is 11.3 Å². The van der Waals surface area contributed by atoms with E-state index in [1.807, 2.05) is 30.3 Å². The smallest absolute Gasteiger partial charge is 0.273 e. The Kier molecular flexibility index (Phi) is 5.10. The molecule has 0 unspecified atom stereocenters. The Morgan fingerprint density at radius 1 is 1.08 bits per heavy atom. The van der Waals surface area contributed by atoms with Gasteiger partial charge in [0.1, 0.15) is 5.01 Å². The Bertz CT molecular complexity index is 896. The molecule has 0 saturated heterocycles. The quantitative estimate of drug-likeness (QED) is 0.541. The molecule has 3 aromatic rings. The normalized spacial score (nSPS) is 10.4. The summed E-state index contributed by atoms with van der Waals surface area (Å²) in [6.07, 6.45) is 0.545. The molecular weight excluding hydrogens is 340 g/mol. The number of benzene rings is 2.